The van der Waals surface area contributed by atoms with Crippen LogP contribution in [0.4, 0.5) is 0 Å². The Hall–Kier alpha value is -0.390. The highest BCUT2D eigenvalue weighted by atomic mass is 32.2. The zero-order valence-electron chi connectivity index (χ0n) is 8.78. The number of nitrogens with one attached hydrogen (secondary N) is 1. The Morgan fingerprint density at radius 3 is 2.60 bits per heavy atom. The van der Waals surface area contributed by atoms with Crippen LogP contribution in [0.25, 0.3) is 0 Å². The lowest BCUT2D eigenvalue weighted by Gasteiger charge is -2.28. The van der Waals surface area contributed by atoms with E-state index < -0.39 is 9.84 Å². The lowest BCUT2D eigenvalue weighted by molar-refractivity contribution is 0.487. The third kappa shape index (κ3) is 2.80. The maximum Gasteiger partial charge on any atom is 0.150 e. The Morgan fingerprint density at radius 1 is 1.33 bits per heavy atom. The first-order valence-corrected chi connectivity index (χ1v) is 7.26. The summed E-state index contributed by atoms with van der Waals surface area (Å²) in [6, 6.07) is 0.0901. The average molecular weight is 230 g/mol. The number of rotatable bonds is 1. The number of nitrogens with two attached hydrogens (primary N) is 1. The molecule has 5 heteroatoms. The van der Waals surface area contributed by atoms with Crippen molar-refractivity contribution in [2.45, 2.75) is 18.9 Å². The van der Waals surface area contributed by atoms with E-state index in [9.17, 15) is 8.42 Å². The molecule has 0 saturated carbocycles. The molecule has 2 aliphatic heterocycles. The average Bonchev–Trinajstić information content (AvgIpc) is 2.17. The third-order valence-electron chi connectivity index (χ3n) is 3.22. The molecule has 0 bridgehead atoms. The first kappa shape index (κ1) is 11.1. The summed E-state index contributed by atoms with van der Waals surface area (Å²) in [6.07, 6.45) is 3.64. The number of hydrogen-bond acceptors (Lipinski definition) is 4. The summed E-state index contributed by atoms with van der Waals surface area (Å²) in [5, 5.41) is 3.26. The van der Waals surface area contributed by atoms with Gasteiger partial charge in [0, 0.05) is 19.1 Å². The lowest BCUT2D eigenvalue weighted by Crippen LogP contribution is -2.40. The van der Waals surface area contributed by atoms with Crippen LogP contribution >= 0.6 is 0 Å². The van der Waals surface area contributed by atoms with E-state index in [-0.39, 0.29) is 6.04 Å². The van der Waals surface area contributed by atoms with Gasteiger partial charge in [-0.25, -0.2) is 8.42 Å². The van der Waals surface area contributed by atoms with Crippen LogP contribution in [0.15, 0.2) is 11.6 Å². The standard InChI is InChI=1S/C10H18N2O2S/c11-10-5-9(6-12-7-10)8-1-3-15(13,14)4-2-8/h5,8,10,12H,1-4,6-7,11H2. The normalized spacial score (nSPS) is 32.3. The molecule has 1 saturated heterocycles. The third-order valence-corrected chi connectivity index (χ3v) is 4.93. The molecule has 0 aromatic rings. The highest BCUT2D eigenvalue weighted by molar-refractivity contribution is 7.91. The van der Waals surface area contributed by atoms with Crippen molar-refractivity contribution in [3.63, 3.8) is 0 Å². The maximum absolute atomic E-state index is 11.3. The second-order valence-corrected chi connectivity index (χ2v) is 6.77. The van der Waals surface area contributed by atoms with Crippen molar-refractivity contribution in [3.05, 3.63) is 11.6 Å². The summed E-state index contributed by atoms with van der Waals surface area (Å²) in [6.45, 7) is 1.70. The molecule has 4 nitrogen and oxygen atoms in total. The fourth-order valence-electron chi connectivity index (χ4n) is 2.32. The van der Waals surface area contributed by atoms with E-state index in [2.05, 4.69) is 11.4 Å². The SMILES string of the molecule is NC1C=C(C2CCS(=O)(=O)CC2)CNC1. The van der Waals surface area contributed by atoms with Gasteiger partial charge in [-0.15, -0.1) is 0 Å². The second kappa shape index (κ2) is 4.23. The van der Waals surface area contributed by atoms with E-state index in [0.717, 1.165) is 25.9 Å². The van der Waals surface area contributed by atoms with Gasteiger partial charge in [0.15, 0.2) is 0 Å². The Morgan fingerprint density at radius 2 is 2.00 bits per heavy atom. The minimum absolute atomic E-state index is 0.0901. The topological polar surface area (TPSA) is 72.2 Å². The van der Waals surface area contributed by atoms with Crippen molar-refractivity contribution >= 4 is 9.84 Å². The maximum atomic E-state index is 11.3. The second-order valence-electron chi connectivity index (χ2n) is 4.46. The molecule has 0 radical (unpaired) electrons. The fourth-order valence-corrected chi connectivity index (χ4v) is 3.81. The molecular formula is C10H18N2O2S. The molecule has 2 aliphatic rings. The van der Waals surface area contributed by atoms with Gasteiger partial charge in [-0.3, -0.25) is 0 Å². The van der Waals surface area contributed by atoms with Crippen molar-refractivity contribution < 1.29 is 8.42 Å². The van der Waals surface area contributed by atoms with Gasteiger partial charge in [0.05, 0.1) is 11.5 Å². The van der Waals surface area contributed by atoms with E-state index in [4.69, 9.17) is 5.73 Å². The predicted molar refractivity (Wildman–Crippen MR) is 60.3 cm³/mol. The quantitative estimate of drug-likeness (QED) is 0.605. The molecule has 0 aromatic carbocycles. The van der Waals surface area contributed by atoms with Gasteiger partial charge in [-0.1, -0.05) is 11.6 Å². The van der Waals surface area contributed by atoms with Crippen LogP contribution in [-0.2, 0) is 9.84 Å². The first-order valence-electron chi connectivity index (χ1n) is 5.44. The number of sulfone groups is 1. The fraction of sp³-hybridized carbons (Fsp3) is 0.800. The molecule has 0 spiro atoms. The van der Waals surface area contributed by atoms with Gasteiger partial charge in [0.1, 0.15) is 9.84 Å². The Bertz CT molecular complexity index is 348. The van der Waals surface area contributed by atoms with Crippen LogP contribution in [0.2, 0.25) is 0 Å². The molecular weight excluding hydrogens is 212 g/mol. The highest BCUT2D eigenvalue weighted by Crippen LogP contribution is 2.26. The van der Waals surface area contributed by atoms with Crippen LogP contribution in [0, 0.1) is 5.92 Å². The van der Waals surface area contributed by atoms with Gasteiger partial charge in [-0.05, 0) is 18.8 Å². The molecule has 2 rings (SSSR count). The van der Waals surface area contributed by atoms with Crippen LogP contribution in [0.1, 0.15) is 12.8 Å². The number of hydrogen-bond donors (Lipinski definition) is 2. The van der Waals surface area contributed by atoms with Crippen molar-refractivity contribution in [2.75, 3.05) is 24.6 Å². The molecule has 1 atom stereocenters. The summed E-state index contributed by atoms with van der Waals surface area (Å²) >= 11 is 0. The molecule has 2 heterocycles. The van der Waals surface area contributed by atoms with E-state index >= 15 is 0 Å². The highest BCUT2D eigenvalue weighted by Gasteiger charge is 2.27. The van der Waals surface area contributed by atoms with Crippen LogP contribution in [0.5, 0.6) is 0 Å². The monoisotopic (exact) mass is 230 g/mol. The summed E-state index contributed by atoms with van der Waals surface area (Å²) in [7, 11) is -2.75. The van der Waals surface area contributed by atoms with Crippen LogP contribution in [-0.4, -0.2) is 39.1 Å². The van der Waals surface area contributed by atoms with E-state index in [1.165, 1.54) is 5.57 Å². The van der Waals surface area contributed by atoms with Gasteiger partial charge in [-0.2, -0.15) is 0 Å². The van der Waals surface area contributed by atoms with Gasteiger partial charge >= 0.3 is 0 Å². The molecule has 3 N–H and O–H groups in total. The minimum Gasteiger partial charge on any atom is -0.323 e. The van der Waals surface area contributed by atoms with E-state index in [1.807, 2.05) is 0 Å². The Kier molecular flexibility index (Phi) is 3.13. The van der Waals surface area contributed by atoms with Crippen LogP contribution < -0.4 is 11.1 Å². The van der Waals surface area contributed by atoms with Crippen molar-refractivity contribution in [2.24, 2.45) is 11.7 Å². The minimum atomic E-state index is -2.75. The molecule has 1 fully saturated rings. The molecule has 15 heavy (non-hydrogen) atoms. The summed E-state index contributed by atoms with van der Waals surface area (Å²) in [5.41, 5.74) is 7.14. The Balaban J connectivity index is 2.01. The predicted octanol–water partition coefficient (Wildman–Crippen LogP) is -0.332. The van der Waals surface area contributed by atoms with Gasteiger partial charge in [0.2, 0.25) is 0 Å². The zero-order chi connectivity index (χ0) is 10.9. The summed E-state index contributed by atoms with van der Waals surface area (Å²) in [4.78, 5) is 0. The molecule has 1 unspecified atom stereocenters. The van der Waals surface area contributed by atoms with Gasteiger partial charge < -0.3 is 11.1 Å². The smallest absolute Gasteiger partial charge is 0.150 e. The van der Waals surface area contributed by atoms with E-state index in [1.54, 1.807) is 0 Å². The lowest BCUT2D eigenvalue weighted by atomic mass is 9.90. The van der Waals surface area contributed by atoms with E-state index in [0.29, 0.717) is 17.4 Å². The van der Waals surface area contributed by atoms with Crippen molar-refractivity contribution in [3.8, 4) is 0 Å². The molecule has 0 aromatic heterocycles. The summed E-state index contributed by atoms with van der Waals surface area (Å²) < 4.78 is 22.6. The molecule has 0 aliphatic carbocycles. The molecule has 86 valence electrons. The van der Waals surface area contributed by atoms with Crippen molar-refractivity contribution in [1.29, 1.82) is 0 Å². The summed E-state index contributed by atoms with van der Waals surface area (Å²) in [5.74, 6) is 1.10. The molecule has 0 amide bonds. The first-order chi connectivity index (χ1) is 7.07. The zero-order valence-corrected chi connectivity index (χ0v) is 9.59. The van der Waals surface area contributed by atoms with Crippen molar-refractivity contribution in [1.82, 2.24) is 5.32 Å². The van der Waals surface area contributed by atoms with Crippen LogP contribution in [0.3, 0.4) is 0 Å². The van der Waals surface area contributed by atoms with Gasteiger partial charge in [0.25, 0.3) is 0 Å². The Labute approximate surface area is 90.8 Å². The largest absolute Gasteiger partial charge is 0.323 e.